The van der Waals surface area contributed by atoms with Gasteiger partial charge in [0.15, 0.2) is 49.8 Å². The molecule has 0 spiro atoms. The van der Waals surface area contributed by atoms with Crippen LogP contribution in [0, 0.1) is 62.6 Å². The number of aliphatic hydroxyl groups is 20. The van der Waals surface area contributed by atoms with Crippen molar-refractivity contribution in [3.63, 3.8) is 0 Å². The highest BCUT2D eigenvalue weighted by atomic mass is 16.8. The van der Waals surface area contributed by atoms with Gasteiger partial charge in [-0.1, -0.05) is 86.8 Å². The van der Waals surface area contributed by atoms with Gasteiger partial charge in [-0.2, -0.15) is 0 Å². The SMILES string of the molecule is CC[C@H](C)[C@H](C[C@H](O)CC(=O)O[C@@H]1[C@H](O)[C@@H](O[C@@H]2O[C@@H](C)[C@H](O[C@@H]3CC[C@@H](O)[C@H](O)[C@H]3O)[C@@H](O)[C@H]2O)[C@H](OC(=O)[C@]23CCC(C)(C)C[C@H]2C2=CC[C@@H]4[C@@]5(C)CC[C@H](O[C@@H]6O[C@H](C(=O)O)[C@@H](O)[C@H](O[C@@H]7OC[C@@H](O)[C@H](O)[C@H]7O)[C@H]6O[C@@H]6O[C@H](CO)[C@H](O)[C@H](O)[C@H]6O)[C@@](C)(C=O)[C@@H]5CC[C@@]4(C)C2C[C@H]3O)O[C@@H]1C)OC(=O)C[C@@H](O)C[C@H](O[C@@H]1O[C@@H](CO)[C@H](O)[C@H]1O)[C@@H](C)CC. The van der Waals surface area contributed by atoms with E-state index in [1.807, 2.05) is 27.7 Å². The number of fused-ring (bicyclic) bond motifs is 7. The molecule has 5 saturated carbocycles. The predicted molar refractivity (Wildman–Crippen MR) is 430 cm³/mol. The van der Waals surface area contributed by atoms with E-state index in [1.54, 1.807) is 20.8 Å². The molecular formula is C87H140O41. The first kappa shape index (κ1) is 103. The van der Waals surface area contributed by atoms with Gasteiger partial charge in [0.05, 0.1) is 93.0 Å². The van der Waals surface area contributed by atoms with Crippen molar-refractivity contribution in [2.45, 2.75) is 418 Å². The van der Waals surface area contributed by atoms with Gasteiger partial charge in [0.1, 0.15) is 134 Å². The molecule has 6 saturated heterocycles. The normalized spacial score (nSPS) is 48.1. The Labute approximate surface area is 742 Å². The Bertz CT molecular complexity index is 3730. The van der Waals surface area contributed by atoms with Gasteiger partial charge in [0.2, 0.25) is 6.29 Å². The van der Waals surface area contributed by atoms with E-state index in [0.29, 0.717) is 51.4 Å². The van der Waals surface area contributed by atoms with Gasteiger partial charge in [0, 0.05) is 12.8 Å². The molecule has 6 heterocycles. The van der Waals surface area contributed by atoms with E-state index in [-0.39, 0.29) is 56.8 Å². The summed E-state index contributed by atoms with van der Waals surface area (Å²) in [5.41, 5.74) is -4.21. The van der Waals surface area contributed by atoms with Gasteiger partial charge >= 0.3 is 23.9 Å². The van der Waals surface area contributed by atoms with Crippen LogP contribution < -0.4 is 0 Å². The summed E-state index contributed by atoms with van der Waals surface area (Å²) in [6, 6.07) is 0. The molecule has 12 aliphatic rings. The molecule has 0 aromatic heterocycles. The number of aliphatic carboxylic acids is 1. The number of carboxylic acids is 1. The lowest BCUT2D eigenvalue weighted by Crippen LogP contribution is -2.68. The molecule has 0 amide bonds. The molecule has 48 atom stereocenters. The van der Waals surface area contributed by atoms with E-state index in [4.69, 9.17) is 71.1 Å². The van der Waals surface area contributed by atoms with Gasteiger partial charge in [-0.05, 0) is 136 Å². The Hall–Kier alpha value is -3.99. The largest absolute Gasteiger partial charge is 0.479 e. The van der Waals surface area contributed by atoms with Crippen molar-refractivity contribution in [2.24, 2.45) is 62.6 Å². The fourth-order valence-corrected chi connectivity index (χ4v) is 22.9. The lowest BCUT2D eigenvalue weighted by Gasteiger charge is -2.68. The van der Waals surface area contributed by atoms with E-state index in [1.165, 1.54) is 13.8 Å². The van der Waals surface area contributed by atoms with E-state index in [0.717, 1.165) is 11.9 Å². The summed E-state index contributed by atoms with van der Waals surface area (Å²) in [5, 5.41) is 233. The summed E-state index contributed by atoms with van der Waals surface area (Å²) in [5.74, 6) is -7.31. The second-order valence-electron chi connectivity index (χ2n) is 39.9. The van der Waals surface area contributed by atoms with Gasteiger partial charge in [-0.25, -0.2) is 4.79 Å². The minimum Gasteiger partial charge on any atom is -0.479 e. The number of carbonyl (C=O) groups is 5. The molecule has 6 aliphatic heterocycles. The molecular weight excluding hydrogens is 1700 g/mol. The van der Waals surface area contributed by atoms with Crippen molar-refractivity contribution >= 4 is 30.2 Å². The zero-order valence-electron chi connectivity index (χ0n) is 74.3. The molecule has 0 aromatic rings. The summed E-state index contributed by atoms with van der Waals surface area (Å²) in [4.78, 5) is 71.5. The topological polar surface area (TPSA) is 649 Å². The molecule has 128 heavy (non-hydrogen) atoms. The molecule has 0 aromatic carbocycles. The van der Waals surface area contributed by atoms with Crippen LogP contribution in [0.2, 0.25) is 0 Å². The highest BCUT2D eigenvalue weighted by molar-refractivity contribution is 5.80. The van der Waals surface area contributed by atoms with Crippen LogP contribution in [-0.4, -0.2) is 390 Å². The average Bonchev–Trinajstić information content (AvgIpc) is 0.697. The first-order chi connectivity index (χ1) is 60.2. The maximum absolute atomic E-state index is 16.2. The molecule has 41 nitrogen and oxygen atoms in total. The summed E-state index contributed by atoms with van der Waals surface area (Å²) >= 11 is 0. The number of hydrogen-bond donors (Lipinski definition) is 21. The smallest absolute Gasteiger partial charge is 0.335 e. The lowest BCUT2D eigenvalue weighted by molar-refractivity contribution is -0.391. The van der Waals surface area contributed by atoms with Gasteiger partial charge in [-0.15, -0.1) is 0 Å². The Balaban J connectivity index is 0.777. The fraction of sp³-hybridized carbons (Fsp3) is 0.920. The Kier molecular flexibility index (Phi) is 33.4. The van der Waals surface area contributed by atoms with Crippen molar-refractivity contribution < 1.29 is 202 Å². The minimum absolute atomic E-state index is 0.00849. The van der Waals surface area contributed by atoms with Crippen LogP contribution in [0.25, 0.3) is 0 Å². The number of aldehydes is 1. The first-order valence-electron chi connectivity index (χ1n) is 45.5. The zero-order valence-corrected chi connectivity index (χ0v) is 74.3. The molecule has 0 radical (unpaired) electrons. The van der Waals surface area contributed by atoms with Crippen LogP contribution >= 0.6 is 0 Å². The summed E-state index contributed by atoms with van der Waals surface area (Å²) in [6.07, 6.45) is -59.2. The molecule has 11 fully saturated rings. The second-order valence-corrected chi connectivity index (χ2v) is 39.9. The van der Waals surface area contributed by atoms with E-state index < -0.39 is 340 Å². The second kappa shape index (κ2) is 41.5. The monoisotopic (exact) mass is 1840 g/mol. The molecule has 41 heteroatoms. The summed E-state index contributed by atoms with van der Waals surface area (Å²) in [7, 11) is 0. The van der Waals surface area contributed by atoms with Gasteiger partial charge < -0.3 is 183 Å². The molecule has 0 bridgehead atoms. The van der Waals surface area contributed by atoms with Crippen molar-refractivity contribution in [2.75, 3.05) is 19.8 Å². The van der Waals surface area contributed by atoms with Crippen molar-refractivity contribution in [3.8, 4) is 0 Å². The zero-order chi connectivity index (χ0) is 94.0. The maximum Gasteiger partial charge on any atom is 0.335 e. The van der Waals surface area contributed by atoms with E-state index in [2.05, 4.69) is 19.9 Å². The Morgan fingerprint density at radius 1 is 0.508 bits per heavy atom. The fourth-order valence-electron chi connectivity index (χ4n) is 22.9. The van der Waals surface area contributed by atoms with Crippen LogP contribution in [0.5, 0.6) is 0 Å². The molecule has 734 valence electrons. The van der Waals surface area contributed by atoms with Crippen LogP contribution in [0.3, 0.4) is 0 Å². The third-order valence-corrected chi connectivity index (χ3v) is 31.1. The van der Waals surface area contributed by atoms with Crippen molar-refractivity contribution in [3.05, 3.63) is 11.6 Å². The lowest BCUT2D eigenvalue weighted by atomic mass is 9.36. The van der Waals surface area contributed by atoms with Gasteiger partial charge in [-0.3, -0.25) is 14.4 Å². The van der Waals surface area contributed by atoms with E-state index >= 15 is 4.79 Å². The van der Waals surface area contributed by atoms with Crippen LogP contribution in [-0.2, 0) is 95.0 Å². The summed E-state index contributed by atoms with van der Waals surface area (Å²) < 4.78 is 91.3. The average molecular weight is 1840 g/mol. The highest BCUT2D eigenvalue weighted by Crippen LogP contribution is 2.73. The Morgan fingerprint density at radius 2 is 1.07 bits per heavy atom. The standard InChI is InChI=1S/C87H140O41/c1-12-34(3)46(117-54(96)26-39(92)25-47(35(4)13-2)119-78-64(106)60(102)49(31-89)120-78)24-38(91)27-55(97)123-70-37(6)116-80(73(67(70)109)126-77-66(108)62(104)69(36(5)115-77)118-45-16-15-43(93)56(98)58(45)100)128-82(113)87-23-22-83(7,8)29-42(87)40-14-17-50-84(9,41(40)28-52(87)95)20-18-51-85(50,10)21-19-53(86(51,11)33-90)122-81-74(127-79-65(107)61(103)59(101)48(30-88)121-79)71(68(110)72(125-81)75(111)112)124-76-63(105)57(99)44(94)32-114-76/h14,33-39,41-53,56-74,76-81,88-89,91-95,98-110H,12-13,15-32H2,1-11H3,(H,111,112)/t34-,35-,36-,37+,38-,39-,41?,42-,43+,44+,45+,46-,47-,48+,49-,50-,51+,52+,53-,56-,57-,58-,59-,60-,61-,62-,63+,64+,65+,66+,67-,68-,69-,70-,71-,72-,73+,74+,76-,77-,78+,79-,80-,81+,84-,85+,86-,87+/m0/s1. The van der Waals surface area contributed by atoms with Crippen molar-refractivity contribution in [1.29, 1.82) is 0 Å². The van der Waals surface area contributed by atoms with Gasteiger partial charge in [0.25, 0.3) is 0 Å². The molecule has 1 unspecified atom stereocenters. The summed E-state index contributed by atoms with van der Waals surface area (Å²) in [6.45, 7) is 17.9. The number of ether oxygens (including phenoxy) is 15. The molecule has 12 rings (SSSR count). The van der Waals surface area contributed by atoms with Crippen LogP contribution in [0.1, 0.15) is 185 Å². The number of aliphatic hydroxyl groups excluding tert-OH is 20. The number of carbonyl (C=O) groups excluding carboxylic acids is 4. The highest BCUT2D eigenvalue weighted by Gasteiger charge is 2.71. The van der Waals surface area contributed by atoms with E-state index in [9.17, 15) is 126 Å². The number of hydrogen-bond acceptors (Lipinski definition) is 40. The molecule has 6 aliphatic carbocycles. The third-order valence-electron chi connectivity index (χ3n) is 31.1. The number of allylic oxidation sites excluding steroid dienone is 2. The number of rotatable bonds is 32. The number of carboxylic acid groups (broad SMARTS) is 1. The first-order valence-corrected chi connectivity index (χ1v) is 45.5. The third kappa shape index (κ3) is 20.4. The predicted octanol–water partition coefficient (Wildman–Crippen LogP) is -3.73. The van der Waals surface area contributed by atoms with Crippen LogP contribution in [0.15, 0.2) is 11.6 Å². The quantitative estimate of drug-likeness (QED) is 0.0101. The minimum atomic E-state index is -2.25. The van der Waals surface area contributed by atoms with Crippen LogP contribution in [0.4, 0.5) is 0 Å². The maximum atomic E-state index is 16.2. The Morgan fingerprint density at radius 3 is 1.72 bits per heavy atom. The number of esters is 3. The molecule has 21 N–H and O–H groups in total. The van der Waals surface area contributed by atoms with Crippen molar-refractivity contribution in [1.82, 2.24) is 0 Å².